The first kappa shape index (κ1) is 25.0. The number of nitrogens with zero attached hydrogens (tertiary/aromatic N) is 4. The molecule has 2 saturated heterocycles. The van der Waals surface area contributed by atoms with Gasteiger partial charge in [0.1, 0.15) is 21.8 Å². The molecule has 0 unspecified atom stereocenters. The summed E-state index contributed by atoms with van der Waals surface area (Å²) in [6.07, 6.45) is 5.78. The van der Waals surface area contributed by atoms with E-state index >= 15 is 0 Å². The molecule has 2 fully saturated rings. The van der Waals surface area contributed by atoms with Gasteiger partial charge in [-0.3, -0.25) is 23.9 Å². The Morgan fingerprint density at radius 3 is 2.55 bits per heavy atom. The van der Waals surface area contributed by atoms with E-state index in [0.29, 0.717) is 33.3 Å². The molecule has 0 atom stereocenters. The van der Waals surface area contributed by atoms with Crippen molar-refractivity contribution in [3.63, 3.8) is 0 Å². The predicted molar refractivity (Wildman–Crippen MR) is 133 cm³/mol. The molecular weight excluding hydrogens is 460 g/mol. The second-order valence-corrected chi connectivity index (χ2v) is 9.86. The third kappa shape index (κ3) is 5.31. The highest BCUT2D eigenvalue weighted by Crippen LogP contribution is 2.36. The van der Waals surface area contributed by atoms with Crippen molar-refractivity contribution in [2.45, 2.75) is 58.9 Å². The Labute approximate surface area is 202 Å². The van der Waals surface area contributed by atoms with Crippen LogP contribution in [0.25, 0.3) is 6.08 Å². The quantitative estimate of drug-likeness (QED) is 0.416. The van der Waals surface area contributed by atoms with Gasteiger partial charge in [0, 0.05) is 38.2 Å². The molecule has 1 aromatic rings. The number of carbonyl (C=O) groups is 2. The number of rotatable bonds is 9. The zero-order chi connectivity index (χ0) is 24.1. The van der Waals surface area contributed by atoms with Crippen molar-refractivity contribution in [1.29, 1.82) is 5.26 Å². The molecule has 0 spiro atoms. The van der Waals surface area contributed by atoms with Crippen LogP contribution in [0.1, 0.15) is 62.1 Å². The number of aromatic nitrogens is 1. The highest BCUT2D eigenvalue weighted by Gasteiger charge is 2.33. The van der Waals surface area contributed by atoms with Crippen LogP contribution in [0.15, 0.2) is 9.70 Å². The second kappa shape index (κ2) is 11.0. The minimum atomic E-state index is -0.916. The molecule has 3 rings (SSSR count). The smallest absolute Gasteiger partial charge is 0.303 e. The summed E-state index contributed by atoms with van der Waals surface area (Å²) in [6.45, 7) is 6.18. The Hall–Kier alpha value is -2.64. The number of carbonyl (C=O) groups excluding carboxylic acids is 1. The summed E-state index contributed by atoms with van der Waals surface area (Å²) in [5.41, 5.74) is 1.07. The molecule has 33 heavy (non-hydrogen) atoms. The number of thioether (sulfide) groups is 1. The Kier molecular flexibility index (Phi) is 8.32. The predicted octanol–water partition coefficient (Wildman–Crippen LogP) is 3.49. The zero-order valence-electron chi connectivity index (χ0n) is 18.9. The summed E-state index contributed by atoms with van der Waals surface area (Å²) in [7, 11) is 0. The topological polar surface area (TPSA) is 107 Å². The monoisotopic (exact) mass is 488 g/mol. The first-order valence-corrected chi connectivity index (χ1v) is 12.4. The van der Waals surface area contributed by atoms with Crippen molar-refractivity contribution in [3.8, 4) is 6.07 Å². The highest BCUT2D eigenvalue weighted by molar-refractivity contribution is 8.26. The molecule has 176 valence electrons. The van der Waals surface area contributed by atoms with E-state index in [2.05, 4.69) is 17.9 Å². The normalized spacial score (nSPS) is 17.3. The molecule has 0 bridgehead atoms. The van der Waals surface area contributed by atoms with Crippen molar-refractivity contribution in [1.82, 2.24) is 9.47 Å². The fourth-order valence-electron chi connectivity index (χ4n) is 4.15. The van der Waals surface area contributed by atoms with Crippen LogP contribution in [0.2, 0.25) is 0 Å². The molecule has 8 nitrogen and oxygen atoms in total. The number of thiocarbonyl (C=S) groups is 1. The number of pyridine rings is 1. The number of hydrogen-bond acceptors (Lipinski definition) is 7. The molecule has 0 radical (unpaired) electrons. The molecule has 1 amide bonds. The van der Waals surface area contributed by atoms with Gasteiger partial charge in [0.25, 0.3) is 11.5 Å². The number of nitriles is 1. The lowest BCUT2D eigenvalue weighted by atomic mass is 10.0. The second-order valence-electron chi connectivity index (χ2n) is 8.18. The lowest BCUT2D eigenvalue weighted by Gasteiger charge is -2.27. The van der Waals surface area contributed by atoms with Gasteiger partial charge in [-0.2, -0.15) is 5.26 Å². The molecule has 1 N–H and O–H groups in total. The minimum absolute atomic E-state index is 0.0394. The lowest BCUT2D eigenvalue weighted by Crippen LogP contribution is -2.33. The summed E-state index contributed by atoms with van der Waals surface area (Å²) in [6, 6.07) is 2.07. The van der Waals surface area contributed by atoms with Crippen molar-refractivity contribution < 1.29 is 14.7 Å². The number of carboxylic acids is 1. The fourth-order valence-corrected chi connectivity index (χ4v) is 5.44. The zero-order valence-corrected chi connectivity index (χ0v) is 20.6. The molecule has 10 heteroatoms. The van der Waals surface area contributed by atoms with Gasteiger partial charge in [-0.15, -0.1) is 0 Å². The SMILES string of the molecule is CCCCn1c(N2CCCC2)c(/C=C2/SC(=S)N(CCCC(=O)O)C2=O)c(C)c(C#N)c1=O. The van der Waals surface area contributed by atoms with Crippen LogP contribution < -0.4 is 10.5 Å². The van der Waals surface area contributed by atoms with Gasteiger partial charge in [0.05, 0.1) is 4.91 Å². The van der Waals surface area contributed by atoms with Crippen LogP contribution in [0, 0.1) is 18.3 Å². The number of amides is 1. The van der Waals surface area contributed by atoms with Gasteiger partial charge in [0.2, 0.25) is 0 Å². The summed E-state index contributed by atoms with van der Waals surface area (Å²) >= 11 is 6.55. The number of unbranched alkanes of at least 4 members (excludes halogenated alkanes) is 1. The van der Waals surface area contributed by atoms with E-state index < -0.39 is 5.97 Å². The van der Waals surface area contributed by atoms with Crippen LogP contribution in [-0.2, 0) is 16.1 Å². The maximum Gasteiger partial charge on any atom is 0.303 e. The molecule has 0 aromatic carbocycles. The standard InChI is InChI=1S/C23H28N4O4S2/c1-3-4-11-26-20(25-9-5-6-10-25)16(15(2)17(14-24)21(26)30)13-18-22(31)27(23(32)33-18)12-7-8-19(28)29/h13H,3-12H2,1-2H3,(H,28,29)/b18-13+. The van der Waals surface area contributed by atoms with Crippen LogP contribution in [-0.4, -0.2) is 50.4 Å². The van der Waals surface area contributed by atoms with Gasteiger partial charge in [-0.05, 0) is 44.2 Å². The van der Waals surface area contributed by atoms with Crippen LogP contribution in [0.5, 0.6) is 0 Å². The molecule has 0 saturated carbocycles. The largest absolute Gasteiger partial charge is 0.481 e. The van der Waals surface area contributed by atoms with Crippen LogP contribution in [0.3, 0.4) is 0 Å². The molecule has 2 aliphatic heterocycles. The van der Waals surface area contributed by atoms with E-state index in [9.17, 15) is 19.6 Å². The van der Waals surface area contributed by atoms with E-state index in [1.54, 1.807) is 17.6 Å². The lowest BCUT2D eigenvalue weighted by molar-refractivity contribution is -0.137. The van der Waals surface area contributed by atoms with Crippen molar-refractivity contribution in [2.75, 3.05) is 24.5 Å². The van der Waals surface area contributed by atoms with Crippen molar-refractivity contribution in [2.24, 2.45) is 0 Å². The van der Waals surface area contributed by atoms with Crippen LogP contribution in [0.4, 0.5) is 5.82 Å². The average Bonchev–Trinajstić information content (AvgIpc) is 3.39. The number of anilines is 1. The van der Waals surface area contributed by atoms with Gasteiger partial charge in [-0.25, -0.2) is 0 Å². The van der Waals surface area contributed by atoms with Gasteiger partial charge in [0.15, 0.2) is 0 Å². The van der Waals surface area contributed by atoms with E-state index in [4.69, 9.17) is 17.3 Å². The summed E-state index contributed by atoms with van der Waals surface area (Å²) in [5.74, 6) is -0.425. The molecule has 2 aliphatic rings. The summed E-state index contributed by atoms with van der Waals surface area (Å²) < 4.78 is 2.08. The number of hydrogen-bond donors (Lipinski definition) is 1. The van der Waals surface area contributed by atoms with E-state index in [0.717, 1.165) is 44.6 Å². The summed E-state index contributed by atoms with van der Waals surface area (Å²) in [5, 5.41) is 18.6. The molecule has 0 aliphatic carbocycles. The third-order valence-corrected chi connectivity index (χ3v) is 7.29. The van der Waals surface area contributed by atoms with Crippen molar-refractivity contribution in [3.05, 3.63) is 31.9 Å². The number of carboxylic acid groups (broad SMARTS) is 1. The Balaban J connectivity index is 2.09. The third-order valence-electron chi connectivity index (χ3n) is 5.91. The molecule has 1 aromatic heterocycles. The first-order chi connectivity index (χ1) is 15.8. The van der Waals surface area contributed by atoms with E-state index in [1.165, 1.54) is 16.7 Å². The summed E-state index contributed by atoms with van der Waals surface area (Å²) in [4.78, 5) is 41.1. The Morgan fingerprint density at radius 2 is 1.94 bits per heavy atom. The van der Waals surface area contributed by atoms with E-state index in [1.807, 2.05) is 0 Å². The van der Waals surface area contributed by atoms with Gasteiger partial charge >= 0.3 is 5.97 Å². The highest BCUT2D eigenvalue weighted by atomic mass is 32.2. The average molecular weight is 489 g/mol. The molecule has 3 heterocycles. The maximum atomic E-state index is 13.2. The van der Waals surface area contributed by atoms with Crippen molar-refractivity contribution >= 4 is 52.1 Å². The Bertz CT molecular complexity index is 1100. The number of aliphatic carboxylic acids is 1. The molecular formula is C23H28N4O4S2. The van der Waals surface area contributed by atoms with Crippen LogP contribution >= 0.6 is 24.0 Å². The fraction of sp³-hybridized carbons (Fsp3) is 0.522. The maximum absolute atomic E-state index is 13.2. The van der Waals surface area contributed by atoms with Gasteiger partial charge in [-0.1, -0.05) is 37.3 Å². The first-order valence-electron chi connectivity index (χ1n) is 11.2. The van der Waals surface area contributed by atoms with E-state index in [-0.39, 0.29) is 30.0 Å². The minimum Gasteiger partial charge on any atom is -0.481 e. The van der Waals surface area contributed by atoms with Gasteiger partial charge < -0.3 is 10.0 Å². The Morgan fingerprint density at radius 1 is 1.24 bits per heavy atom.